The van der Waals surface area contributed by atoms with Crippen LogP contribution in [0.3, 0.4) is 0 Å². The average Bonchev–Trinajstić information content (AvgIpc) is 2.08. The summed E-state index contributed by atoms with van der Waals surface area (Å²) in [6.45, 7) is 5.42. The molecule has 0 aliphatic heterocycles. The lowest BCUT2D eigenvalue weighted by Crippen LogP contribution is -2.12. The largest absolute Gasteiger partial charge is 0.320 e. The molecule has 0 aliphatic rings. The van der Waals surface area contributed by atoms with Crippen LogP contribution < -0.4 is 5.73 Å². The Morgan fingerprint density at radius 2 is 2.23 bits per heavy atom. The van der Waals surface area contributed by atoms with Crippen molar-refractivity contribution in [1.82, 2.24) is 0 Å². The molecule has 1 nitrogen and oxygen atoms in total. The van der Waals surface area contributed by atoms with Crippen molar-refractivity contribution in [3.8, 4) is 0 Å². The maximum Gasteiger partial charge on any atom is 0.146 e. The molecule has 0 aromatic heterocycles. The standard InChI is InChI=1S/C10H11ClFN/c1-6(2)10(13)7-4-3-5-8(11)9(7)12/h3-5,10H,1,13H2,2H3. The van der Waals surface area contributed by atoms with Crippen molar-refractivity contribution in [2.24, 2.45) is 5.73 Å². The molecular formula is C10H11ClFN. The molecule has 1 aromatic carbocycles. The minimum Gasteiger partial charge on any atom is -0.320 e. The molecule has 0 saturated heterocycles. The first-order valence-electron chi connectivity index (χ1n) is 3.89. The van der Waals surface area contributed by atoms with Gasteiger partial charge in [0.15, 0.2) is 0 Å². The minimum absolute atomic E-state index is 0.0919. The monoisotopic (exact) mass is 199 g/mol. The van der Waals surface area contributed by atoms with E-state index in [1.165, 1.54) is 6.07 Å². The van der Waals surface area contributed by atoms with Gasteiger partial charge in [0, 0.05) is 5.56 Å². The van der Waals surface area contributed by atoms with Gasteiger partial charge in [0.1, 0.15) is 5.82 Å². The van der Waals surface area contributed by atoms with Gasteiger partial charge in [-0.25, -0.2) is 4.39 Å². The summed E-state index contributed by atoms with van der Waals surface area (Å²) >= 11 is 5.60. The molecule has 70 valence electrons. The van der Waals surface area contributed by atoms with E-state index in [1.54, 1.807) is 19.1 Å². The fourth-order valence-electron chi connectivity index (χ4n) is 1.03. The number of nitrogens with two attached hydrogens (primary N) is 1. The van der Waals surface area contributed by atoms with Crippen molar-refractivity contribution in [2.75, 3.05) is 0 Å². The number of hydrogen-bond acceptors (Lipinski definition) is 1. The molecule has 0 saturated carbocycles. The highest BCUT2D eigenvalue weighted by Gasteiger charge is 2.13. The third-order valence-electron chi connectivity index (χ3n) is 1.85. The van der Waals surface area contributed by atoms with Crippen LogP contribution in [0, 0.1) is 5.82 Å². The molecule has 1 unspecified atom stereocenters. The molecule has 0 spiro atoms. The van der Waals surface area contributed by atoms with Crippen molar-refractivity contribution in [3.63, 3.8) is 0 Å². The third-order valence-corrected chi connectivity index (χ3v) is 2.14. The van der Waals surface area contributed by atoms with Crippen molar-refractivity contribution >= 4 is 11.6 Å². The maximum absolute atomic E-state index is 13.4. The van der Waals surface area contributed by atoms with Crippen LogP contribution in [0.1, 0.15) is 18.5 Å². The van der Waals surface area contributed by atoms with Crippen molar-refractivity contribution < 1.29 is 4.39 Å². The zero-order valence-corrected chi connectivity index (χ0v) is 8.11. The summed E-state index contributed by atoms with van der Waals surface area (Å²) in [5.74, 6) is -0.459. The van der Waals surface area contributed by atoms with Crippen LogP contribution in [0.4, 0.5) is 4.39 Å². The van der Waals surface area contributed by atoms with E-state index < -0.39 is 11.9 Å². The quantitative estimate of drug-likeness (QED) is 0.728. The van der Waals surface area contributed by atoms with Gasteiger partial charge in [-0.2, -0.15) is 0 Å². The first kappa shape index (κ1) is 10.2. The van der Waals surface area contributed by atoms with Gasteiger partial charge in [0.25, 0.3) is 0 Å². The second kappa shape index (κ2) is 3.90. The molecule has 0 radical (unpaired) electrons. The van der Waals surface area contributed by atoms with E-state index in [9.17, 15) is 4.39 Å². The van der Waals surface area contributed by atoms with Crippen LogP contribution in [0.15, 0.2) is 30.4 Å². The smallest absolute Gasteiger partial charge is 0.146 e. The molecule has 0 fully saturated rings. The number of hydrogen-bond donors (Lipinski definition) is 1. The summed E-state index contributed by atoms with van der Waals surface area (Å²) in [4.78, 5) is 0. The van der Waals surface area contributed by atoms with Gasteiger partial charge in [-0.3, -0.25) is 0 Å². The Labute approximate surface area is 82.0 Å². The fraction of sp³-hybridized carbons (Fsp3) is 0.200. The Kier molecular flexibility index (Phi) is 3.07. The molecule has 0 heterocycles. The highest BCUT2D eigenvalue weighted by atomic mass is 35.5. The molecule has 1 atom stereocenters. The van der Waals surface area contributed by atoms with Crippen LogP contribution in [0.25, 0.3) is 0 Å². The van der Waals surface area contributed by atoms with Gasteiger partial charge in [-0.05, 0) is 13.0 Å². The summed E-state index contributed by atoms with van der Waals surface area (Å²) in [5, 5.41) is 0.0919. The van der Waals surface area contributed by atoms with Gasteiger partial charge >= 0.3 is 0 Å². The Morgan fingerprint density at radius 1 is 1.62 bits per heavy atom. The summed E-state index contributed by atoms with van der Waals surface area (Å²) in [7, 11) is 0. The predicted octanol–water partition coefficient (Wildman–Crippen LogP) is 3.06. The first-order valence-corrected chi connectivity index (χ1v) is 4.26. The molecule has 13 heavy (non-hydrogen) atoms. The number of rotatable bonds is 2. The van der Waals surface area contributed by atoms with E-state index in [2.05, 4.69) is 6.58 Å². The lowest BCUT2D eigenvalue weighted by molar-refractivity contribution is 0.598. The van der Waals surface area contributed by atoms with Gasteiger partial charge in [-0.15, -0.1) is 0 Å². The van der Waals surface area contributed by atoms with Gasteiger partial charge in [0.05, 0.1) is 11.1 Å². The van der Waals surface area contributed by atoms with Crippen molar-refractivity contribution in [2.45, 2.75) is 13.0 Å². The Hall–Kier alpha value is -0.860. The average molecular weight is 200 g/mol. The summed E-state index contributed by atoms with van der Waals surface area (Å²) in [6.07, 6.45) is 0. The lowest BCUT2D eigenvalue weighted by Gasteiger charge is -2.12. The number of halogens is 2. The first-order chi connectivity index (χ1) is 6.04. The Bertz CT molecular complexity index is 336. The van der Waals surface area contributed by atoms with E-state index in [4.69, 9.17) is 17.3 Å². The van der Waals surface area contributed by atoms with E-state index in [0.717, 1.165) is 0 Å². The zero-order valence-electron chi connectivity index (χ0n) is 7.35. The van der Waals surface area contributed by atoms with Crippen LogP contribution >= 0.6 is 11.6 Å². The van der Waals surface area contributed by atoms with E-state index in [1.807, 2.05) is 0 Å². The summed E-state index contributed by atoms with van der Waals surface area (Å²) < 4.78 is 13.4. The molecule has 1 rings (SSSR count). The second-order valence-corrected chi connectivity index (χ2v) is 3.37. The molecule has 3 heteroatoms. The predicted molar refractivity (Wildman–Crippen MR) is 53.2 cm³/mol. The Morgan fingerprint density at radius 3 is 2.77 bits per heavy atom. The molecule has 2 N–H and O–H groups in total. The van der Waals surface area contributed by atoms with Crippen LogP contribution in [0.5, 0.6) is 0 Å². The number of benzene rings is 1. The van der Waals surface area contributed by atoms with Gasteiger partial charge < -0.3 is 5.73 Å². The van der Waals surface area contributed by atoms with Gasteiger partial charge in [0.2, 0.25) is 0 Å². The van der Waals surface area contributed by atoms with E-state index >= 15 is 0 Å². The van der Waals surface area contributed by atoms with E-state index in [-0.39, 0.29) is 5.02 Å². The fourth-order valence-corrected chi connectivity index (χ4v) is 1.21. The Balaban J connectivity index is 3.15. The molecule has 0 bridgehead atoms. The summed E-state index contributed by atoms with van der Waals surface area (Å²) in [6, 6.07) is 4.29. The zero-order chi connectivity index (χ0) is 10.0. The van der Waals surface area contributed by atoms with Gasteiger partial charge in [-0.1, -0.05) is 35.9 Å². The maximum atomic E-state index is 13.4. The lowest BCUT2D eigenvalue weighted by atomic mass is 10.0. The molecule has 0 aliphatic carbocycles. The van der Waals surface area contributed by atoms with E-state index in [0.29, 0.717) is 11.1 Å². The normalized spacial score (nSPS) is 12.6. The highest BCUT2D eigenvalue weighted by Crippen LogP contribution is 2.25. The van der Waals surface area contributed by atoms with Crippen LogP contribution in [0.2, 0.25) is 5.02 Å². The highest BCUT2D eigenvalue weighted by molar-refractivity contribution is 6.30. The van der Waals surface area contributed by atoms with Crippen LogP contribution in [-0.4, -0.2) is 0 Å². The SMILES string of the molecule is C=C(C)C(N)c1cccc(Cl)c1F. The van der Waals surface area contributed by atoms with Crippen molar-refractivity contribution in [3.05, 3.63) is 46.8 Å². The molecule has 1 aromatic rings. The summed E-state index contributed by atoms with van der Waals surface area (Å²) in [5.41, 5.74) is 6.81. The van der Waals surface area contributed by atoms with Crippen LogP contribution in [-0.2, 0) is 0 Å². The topological polar surface area (TPSA) is 26.0 Å². The second-order valence-electron chi connectivity index (χ2n) is 2.97. The molecule has 0 amide bonds. The molecular weight excluding hydrogens is 189 g/mol. The van der Waals surface area contributed by atoms with Crippen molar-refractivity contribution in [1.29, 1.82) is 0 Å². The third kappa shape index (κ3) is 2.08. The minimum atomic E-state index is -0.487.